The van der Waals surface area contributed by atoms with Gasteiger partial charge < -0.3 is 10.0 Å². The second-order valence-electron chi connectivity index (χ2n) is 7.72. The normalized spacial score (nSPS) is 26.8. The summed E-state index contributed by atoms with van der Waals surface area (Å²) in [6, 6.07) is 18.4. The summed E-state index contributed by atoms with van der Waals surface area (Å²) in [5, 5.41) is 12.3. The molecule has 3 unspecified atom stereocenters. The summed E-state index contributed by atoms with van der Waals surface area (Å²) < 4.78 is 0. The lowest BCUT2D eigenvalue weighted by Gasteiger charge is -2.44. The quantitative estimate of drug-likeness (QED) is 0.834. The Morgan fingerprint density at radius 2 is 1.76 bits per heavy atom. The molecule has 0 bridgehead atoms. The highest BCUT2D eigenvalue weighted by Crippen LogP contribution is 2.45. The van der Waals surface area contributed by atoms with Crippen molar-refractivity contribution in [3.63, 3.8) is 0 Å². The minimum Gasteiger partial charge on any atom is -0.385 e. The van der Waals surface area contributed by atoms with Crippen molar-refractivity contribution in [2.45, 2.75) is 31.3 Å². The van der Waals surface area contributed by atoms with E-state index in [1.54, 1.807) is 0 Å². The van der Waals surface area contributed by atoms with Crippen molar-refractivity contribution in [1.82, 2.24) is 4.90 Å². The molecule has 1 aliphatic rings. The Morgan fingerprint density at radius 3 is 2.40 bits per heavy atom. The Hall–Kier alpha value is -1.35. The van der Waals surface area contributed by atoms with Gasteiger partial charge in [0.05, 0.1) is 5.60 Å². The van der Waals surface area contributed by atoms with E-state index in [9.17, 15) is 5.11 Å². The highest BCUT2D eigenvalue weighted by molar-refractivity contribution is 6.30. The second kappa shape index (κ2) is 7.90. The van der Waals surface area contributed by atoms with Crippen LogP contribution in [0.25, 0.3) is 0 Å². The zero-order valence-electron chi connectivity index (χ0n) is 15.2. The highest BCUT2D eigenvalue weighted by Gasteiger charge is 2.43. The minimum absolute atomic E-state index is 0.246. The molecule has 0 radical (unpaired) electrons. The van der Waals surface area contributed by atoms with Crippen LogP contribution in [0.1, 0.15) is 30.4 Å². The third-order valence-electron chi connectivity index (χ3n) is 5.52. The maximum atomic E-state index is 11.5. The number of aliphatic hydroxyl groups is 1. The largest absolute Gasteiger partial charge is 0.385 e. The van der Waals surface area contributed by atoms with E-state index >= 15 is 0 Å². The van der Waals surface area contributed by atoms with Crippen LogP contribution in [0.3, 0.4) is 0 Å². The van der Waals surface area contributed by atoms with Gasteiger partial charge in [-0.1, -0.05) is 54.1 Å². The zero-order chi connectivity index (χ0) is 17.9. The third kappa shape index (κ3) is 4.44. The Kier molecular flexibility index (Phi) is 5.83. The van der Waals surface area contributed by atoms with Crippen molar-refractivity contribution in [3.05, 3.63) is 70.7 Å². The molecule has 2 nitrogen and oxygen atoms in total. The monoisotopic (exact) mass is 357 g/mol. The first-order valence-electron chi connectivity index (χ1n) is 9.14. The predicted octanol–water partition coefficient (Wildman–Crippen LogP) is 4.75. The second-order valence-corrected chi connectivity index (χ2v) is 8.16. The van der Waals surface area contributed by atoms with Crippen molar-refractivity contribution in [2.24, 2.45) is 11.8 Å². The number of nitrogens with zero attached hydrogens (tertiary/aromatic N) is 1. The number of halogens is 1. The van der Waals surface area contributed by atoms with Crippen molar-refractivity contribution >= 4 is 11.6 Å². The van der Waals surface area contributed by atoms with Gasteiger partial charge in [-0.3, -0.25) is 0 Å². The molecule has 3 heteroatoms. The van der Waals surface area contributed by atoms with Gasteiger partial charge in [0.15, 0.2) is 0 Å². The summed E-state index contributed by atoms with van der Waals surface area (Å²) in [7, 11) is 4.18. The molecule has 0 heterocycles. The molecular formula is C22H28ClNO. The van der Waals surface area contributed by atoms with Crippen LogP contribution in [-0.2, 0) is 12.0 Å². The minimum atomic E-state index is -0.720. The van der Waals surface area contributed by atoms with Crippen LogP contribution in [0, 0.1) is 11.8 Å². The lowest BCUT2D eigenvalue weighted by molar-refractivity contribution is -0.0752. The number of rotatable bonds is 5. The van der Waals surface area contributed by atoms with Crippen LogP contribution in [-0.4, -0.2) is 30.6 Å². The van der Waals surface area contributed by atoms with Crippen LogP contribution >= 0.6 is 11.6 Å². The average Bonchev–Trinajstić information content (AvgIpc) is 2.60. The van der Waals surface area contributed by atoms with Crippen LogP contribution in [0.15, 0.2) is 54.6 Å². The van der Waals surface area contributed by atoms with E-state index in [1.165, 1.54) is 5.56 Å². The lowest BCUT2D eigenvalue weighted by Crippen LogP contribution is -2.45. The number of hydrogen-bond acceptors (Lipinski definition) is 2. The van der Waals surface area contributed by atoms with Gasteiger partial charge in [0.2, 0.25) is 0 Å². The average molecular weight is 358 g/mol. The van der Waals surface area contributed by atoms with E-state index < -0.39 is 5.60 Å². The molecule has 0 spiro atoms. The Labute approximate surface area is 156 Å². The summed E-state index contributed by atoms with van der Waals surface area (Å²) in [4.78, 5) is 2.20. The molecule has 0 aliphatic heterocycles. The molecule has 0 aromatic heterocycles. The number of hydrogen-bond donors (Lipinski definition) is 1. The van der Waals surface area contributed by atoms with Gasteiger partial charge in [0, 0.05) is 17.5 Å². The van der Waals surface area contributed by atoms with E-state index in [2.05, 4.69) is 43.3 Å². The first-order chi connectivity index (χ1) is 12.0. The van der Waals surface area contributed by atoms with Crippen molar-refractivity contribution in [1.29, 1.82) is 0 Å². The Morgan fingerprint density at radius 1 is 1.08 bits per heavy atom. The summed E-state index contributed by atoms with van der Waals surface area (Å²) in [6.45, 7) is 0.905. The third-order valence-corrected chi connectivity index (χ3v) is 5.78. The molecule has 2 aromatic rings. The molecule has 0 amide bonds. The van der Waals surface area contributed by atoms with Gasteiger partial charge in [-0.05, 0) is 69.0 Å². The van der Waals surface area contributed by atoms with Gasteiger partial charge in [-0.25, -0.2) is 0 Å². The maximum Gasteiger partial charge on any atom is 0.0936 e. The van der Waals surface area contributed by atoms with Gasteiger partial charge >= 0.3 is 0 Å². The Bertz CT molecular complexity index is 670. The molecule has 1 fully saturated rings. The molecule has 1 saturated carbocycles. The van der Waals surface area contributed by atoms with E-state index in [0.717, 1.165) is 42.8 Å². The van der Waals surface area contributed by atoms with Crippen molar-refractivity contribution < 1.29 is 5.11 Å². The maximum absolute atomic E-state index is 11.5. The van der Waals surface area contributed by atoms with Crippen molar-refractivity contribution in [3.8, 4) is 0 Å². The van der Waals surface area contributed by atoms with Crippen LogP contribution in [0.2, 0.25) is 5.02 Å². The van der Waals surface area contributed by atoms with Crippen LogP contribution in [0.4, 0.5) is 0 Å². The summed E-state index contributed by atoms with van der Waals surface area (Å²) in [5.41, 5.74) is 1.68. The highest BCUT2D eigenvalue weighted by atomic mass is 35.5. The van der Waals surface area contributed by atoms with E-state index in [4.69, 9.17) is 11.6 Å². The fraction of sp³-hybridized carbons (Fsp3) is 0.455. The smallest absolute Gasteiger partial charge is 0.0936 e. The fourth-order valence-electron chi connectivity index (χ4n) is 4.26. The molecule has 2 aromatic carbocycles. The molecule has 1 aliphatic carbocycles. The van der Waals surface area contributed by atoms with E-state index in [0.29, 0.717) is 5.92 Å². The molecule has 3 rings (SSSR count). The van der Waals surface area contributed by atoms with Gasteiger partial charge in [0.25, 0.3) is 0 Å². The first kappa shape index (κ1) is 18.4. The molecule has 134 valence electrons. The van der Waals surface area contributed by atoms with Crippen molar-refractivity contribution in [2.75, 3.05) is 20.6 Å². The molecule has 3 atom stereocenters. The summed E-state index contributed by atoms with van der Waals surface area (Å²) >= 11 is 6.00. The first-order valence-corrected chi connectivity index (χ1v) is 9.52. The number of benzene rings is 2. The van der Waals surface area contributed by atoms with Gasteiger partial charge in [-0.2, -0.15) is 0 Å². The summed E-state index contributed by atoms with van der Waals surface area (Å²) in [6.07, 6.45) is 3.99. The molecule has 0 saturated heterocycles. The van der Waals surface area contributed by atoms with E-state index in [-0.39, 0.29) is 5.92 Å². The lowest BCUT2D eigenvalue weighted by atomic mass is 9.66. The van der Waals surface area contributed by atoms with E-state index in [1.807, 2.05) is 30.3 Å². The fourth-order valence-corrected chi connectivity index (χ4v) is 4.38. The molecular weight excluding hydrogens is 330 g/mol. The summed E-state index contributed by atoms with van der Waals surface area (Å²) in [5.74, 6) is 0.853. The van der Waals surface area contributed by atoms with Gasteiger partial charge in [0.1, 0.15) is 0 Å². The molecule has 1 N–H and O–H groups in total. The van der Waals surface area contributed by atoms with Crippen LogP contribution < -0.4 is 0 Å². The topological polar surface area (TPSA) is 23.5 Å². The Balaban J connectivity index is 1.77. The van der Waals surface area contributed by atoms with Crippen LogP contribution in [0.5, 0.6) is 0 Å². The molecule has 25 heavy (non-hydrogen) atoms. The SMILES string of the molecule is CN(C)CC1CC(Cc2ccc(Cl)cc2)CCC1(O)c1ccccc1. The zero-order valence-corrected chi connectivity index (χ0v) is 15.9. The standard InChI is InChI=1S/C22H28ClNO/c1-24(2)16-20-15-18(14-17-8-10-21(23)11-9-17)12-13-22(20,25)19-6-4-3-5-7-19/h3-11,18,20,25H,12-16H2,1-2H3. The predicted molar refractivity (Wildman–Crippen MR) is 105 cm³/mol. The van der Waals surface area contributed by atoms with Gasteiger partial charge in [-0.15, -0.1) is 0 Å².